The van der Waals surface area contributed by atoms with Crippen LogP contribution in [0.2, 0.25) is 0 Å². The molecule has 5 atom stereocenters. The third-order valence-electron chi connectivity index (χ3n) is 7.37. The van der Waals surface area contributed by atoms with Crippen molar-refractivity contribution in [2.24, 2.45) is 5.92 Å². The van der Waals surface area contributed by atoms with Crippen molar-refractivity contribution in [1.82, 2.24) is 10.2 Å². The minimum absolute atomic E-state index is 0.0778. The van der Waals surface area contributed by atoms with Gasteiger partial charge >= 0.3 is 0 Å². The molecule has 150 valence electrons. The van der Waals surface area contributed by atoms with Gasteiger partial charge in [0.1, 0.15) is 0 Å². The van der Waals surface area contributed by atoms with Crippen molar-refractivity contribution in [1.29, 1.82) is 0 Å². The van der Waals surface area contributed by atoms with Crippen molar-refractivity contribution in [3.05, 3.63) is 23.3 Å². The molecule has 3 aliphatic rings. The summed E-state index contributed by atoms with van der Waals surface area (Å²) in [5, 5.41) is 23.9. The number of phenols is 1. The summed E-state index contributed by atoms with van der Waals surface area (Å²) in [4.78, 5) is 2.49. The number of likely N-dealkylation sites (N-methyl/N-ethyl adjacent to an activating group) is 1. The lowest BCUT2D eigenvalue weighted by Gasteiger charge is -2.61. The molecule has 2 fully saturated rings. The molecule has 0 amide bonds. The van der Waals surface area contributed by atoms with Crippen molar-refractivity contribution in [3.63, 3.8) is 0 Å². The van der Waals surface area contributed by atoms with Crippen LogP contribution in [0.15, 0.2) is 12.1 Å². The number of nitrogens with one attached hydrogen (secondary N) is 1. The van der Waals surface area contributed by atoms with Gasteiger partial charge in [-0.3, -0.25) is 0 Å². The second kappa shape index (κ2) is 7.24. The average molecular weight is 376 g/mol. The molecule has 1 aromatic rings. The molecule has 0 spiro atoms. The summed E-state index contributed by atoms with van der Waals surface area (Å²) in [5.41, 5.74) is 2.27. The van der Waals surface area contributed by atoms with Gasteiger partial charge in [0.15, 0.2) is 11.5 Å². The molecule has 6 heteroatoms. The number of aromatic hydroxyl groups is 1. The van der Waals surface area contributed by atoms with E-state index in [2.05, 4.69) is 23.3 Å². The van der Waals surface area contributed by atoms with Gasteiger partial charge in [0, 0.05) is 36.7 Å². The van der Waals surface area contributed by atoms with Crippen molar-refractivity contribution in [2.45, 2.75) is 49.3 Å². The lowest BCUT2D eigenvalue weighted by atomic mass is 9.51. The first-order chi connectivity index (χ1) is 13.1. The minimum Gasteiger partial charge on any atom is -0.504 e. The Balaban J connectivity index is 1.82. The fourth-order valence-corrected chi connectivity index (χ4v) is 6.13. The fraction of sp³-hybridized carbons (Fsp3) is 0.714. The maximum absolute atomic E-state index is 11.1. The van der Waals surface area contributed by atoms with E-state index in [4.69, 9.17) is 9.47 Å². The van der Waals surface area contributed by atoms with E-state index in [1.54, 1.807) is 14.2 Å². The number of hydrogen-bond donors (Lipinski definition) is 3. The molecule has 4 rings (SSSR count). The molecular formula is C21H32N2O4. The van der Waals surface area contributed by atoms with Crippen LogP contribution in [0.25, 0.3) is 0 Å². The van der Waals surface area contributed by atoms with E-state index in [0.29, 0.717) is 30.0 Å². The van der Waals surface area contributed by atoms with Gasteiger partial charge in [0.2, 0.25) is 0 Å². The monoisotopic (exact) mass is 376 g/mol. The Morgan fingerprint density at radius 3 is 2.85 bits per heavy atom. The summed E-state index contributed by atoms with van der Waals surface area (Å²) in [6, 6.07) is 4.66. The molecule has 6 nitrogen and oxygen atoms in total. The fourth-order valence-electron chi connectivity index (χ4n) is 6.13. The Bertz CT molecular complexity index is 697. The second-order valence-corrected chi connectivity index (χ2v) is 8.41. The van der Waals surface area contributed by atoms with Crippen LogP contribution < -0.4 is 10.1 Å². The highest BCUT2D eigenvalue weighted by Gasteiger charge is 2.58. The summed E-state index contributed by atoms with van der Waals surface area (Å²) in [7, 11) is 5.62. The number of hydrogen-bond acceptors (Lipinski definition) is 6. The Hall–Kier alpha value is -1.34. The Morgan fingerprint density at radius 2 is 2.15 bits per heavy atom. The Morgan fingerprint density at radius 1 is 1.33 bits per heavy atom. The van der Waals surface area contributed by atoms with Crippen molar-refractivity contribution in [3.8, 4) is 11.5 Å². The van der Waals surface area contributed by atoms with Gasteiger partial charge in [0.25, 0.3) is 0 Å². The molecule has 2 aliphatic carbocycles. The molecule has 1 aliphatic heterocycles. The van der Waals surface area contributed by atoms with Crippen molar-refractivity contribution >= 4 is 0 Å². The zero-order valence-electron chi connectivity index (χ0n) is 16.6. The molecule has 0 radical (unpaired) electrons. The van der Waals surface area contributed by atoms with Crippen LogP contribution in [0.4, 0.5) is 0 Å². The highest BCUT2D eigenvalue weighted by molar-refractivity contribution is 5.56. The first-order valence-electron chi connectivity index (χ1n) is 10.0. The molecule has 3 N–H and O–H groups in total. The molecule has 0 aromatic heterocycles. The first kappa shape index (κ1) is 19.0. The van der Waals surface area contributed by atoms with E-state index in [-0.39, 0.29) is 24.2 Å². The summed E-state index contributed by atoms with van der Waals surface area (Å²) in [5.74, 6) is 1.33. The zero-order valence-corrected chi connectivity index (χ0v) is 16.6. The topological polar surface area (TPSA) is 74.2 Å². The van der Waals surface area contributed by atoms with Gasteiger partial charge in [-0.15, -0.1) is 0 Å². The van der Waals surface area contributed by atoms with E-state index in [0.717, 1.165) is 37.8 Å². The maximum atomic E-state index is 11.1. The SMILES string of the molecule is COc1ccc2c(c1O)[C@@]13CCN(C)[C@@H](C2)[C@H]1CC(OC)[C@@H](NCCO)C3. The molecule has 2 bridgehead atoms. The van der Waals surface area contributed by atoms with Crippen LogP contribution in [0.1, 0.15) is 30.4 Å². The van der Waals surface area contributed by atoms with Crippen molar-refractivity contribution < 1.29 is 19.7 Å². The van der Waals surface area contributed by atoms with Gasteiger partial charge in [-0.05, 0) is 56.8 Å². The normalized spacial score (nSPS) is 35.4. The number of aliphatic hydroxyl groups is 1. The van der Waals surface area contributed by atoms with Crippen molar-refractivity contribution in [2.75, 3.05) is 41.0 Å². The third-order valence-corrected chi connectivity index (χ3v) is 7.37. The molecule has 1 aromatic carbocycles. The van der Waals surface area contributed by atoms with Crippen LogP contribution in [-0.4, -0.2) is 74.3 Å². The standard InChI is InChI=1S/C21H32N2O4/c1-23-8-6-21-12-15(22-7-9-24)18(27-3)11-14(21)16(23)10-13-4-5-17(26-2)20(25)19(13)21/h4-5,14-16,18,22,24-25H,6-12H2,1-3H3/t14-,15+,16+,18?,21-/m1/s1. The number of fused-ring (bicyclic) bond motifs is 1. The minimum atomic E-state index is -0.0778. The number of nitrogens with zero attached hydrogens (tertiary/aromatic N) is 1. The molecular weight excluding hydrogens is 344 g/mol. The van der Waals surface area contributed by atoms with Gasteiger partial charge in [-0.2, -0.15) is 0 Å². The predicted octanol–water partition coefficient (Wildman–Crippen LogP) is 1.27. The summed E-state index contributed by atoms with van der Waals surface area (Å²) in [6.45, 7) is 1.71. The quantitative estimate of drug-likeness (QED) is 0.719. The molecule has 1 heterocycles. The van der Waals surface area contributed by atoms with Gasteiger partial charge in [-0.25, -0.2) is 0 Å². The van der Waals surface area contributed by atoms with E-state index < -0.39 is 0 Å². The van der Waals surface area contributed by atoms with Gasteiger partial charge < -0.3 is 29.9 Å². The third kappa shape index (κ3) is 2.85. The molecule has 27 heavy (non-hydrogen) atoms. The van der Waals surface area contributed by atoms with Crippen LogP contribution in [0, 0.1) is 5.92 Å². The van der Waals surface area contributed by atoms with E-state index >= 15 is 0 Å². The summed E-state index contributed by atoms with van der Waals surface area (Å²) >= 11 is 0. The largest absolute Gasteiger partial charge is 0.504 e. The van der Waals surface area contributed by atoms with Gasteiger partial charge in [-0.1, -0.05) is 6.07 Å². The van der Waals surface area contributed by atoms with Crippen LogP contribution in [0.5, 0.6) is 11.5 Å². The average Bonchev–Trinajstić information content (AvgIpc) is 2.68. The van der Waals surface area contributed by atoms with E-state index in [1.165, 1.54) is 5.56 Å². The Labute approximate surface area is 161 Å². The van der Waals surface area contributed by atoms with E-state index in [9.17, 15) is 10.2 Å². The maximum Gasteiger partial charge on any atom is 0.161 e. The lowest BCUT2D eigenvalue weighted by Crippen LogP contribution is -2.65. The van der Waals surface area contributed by atoms with Gasteiger partial charge in [0.05, 0.1) is 19.8 Å². The highest BCUT2D eigenvalue weighted by atomic mass is 16.5. The number of benzene rings is 1. The predicted molar refractivity (Wildman–Crippen MR) is 103 cm³/mol. The highest BCUT2D eigenvalue weighted by Crippen LogP contribution is 2.59. The van der Waals surface area contributed by atoms with E-state index in [1.807, 2.05) is 6.07 Å². The Kier molecular flexibility index (Phi) is 5.10. The number of phenolic OH excluding ortho intramolecular Hbond substituents is 1. The van der Waals surface area contributed by atoms with Crippen LogP contribution in [-0.2, 0) is 16.6 Å². The molecule has 1 unspecified atom stereocenters. The molecule has 1 saturated heterocycles. The number of methoxy groups -OCH3 is 2. The molecule has 1 saturated carbocycles. The van der Waals surface area contributed by atoms with Crippen LogP contribution in [0.3, 0.4) is 0 Å². The summed E-state index contributed by atoms with van der Waals surface area (Å²) in [6.07, 6.45) is 3.98. The second-order valence-electron chi connectivity index (χ2n) is 8.41. The number of ether oxygens (including phenoxy) is 2. The lowest BCUT2D eigenvalue weighted by molar-refractivity contribution is -0.0700. The number of piperidine rings is 1. The van der Waals surface area contributed by atoms with Crippen LogP contribution >= 0.6 is 0 Å². The number of aliphatic hydroxyl groups excluding tert-OH is 1. The number of rotatable bonds is 5. The smallest absolute Gasteiger partial charge is 0.161 e. The zero-order chi connectivity index (χ0) is 19.2. The summed E-state index contributed by atoms with van der Waals surface area (Å²) < 4.78 is 11.3. The first-order valence-corrected chi connectivity index (χ1v) is 10.0. The number of likely N-dealkylation sites (tertiary alicyclic amines) is 1.